The molecule has 1 aromatic heterocycles. The molecule has 0 amide bonds. The lowest BCUT2D eigenvalue weighted by Crippen LogP contribution is -2.25. The number of esters is 1. The maximum atomic E-state index is 14.2. The van der Waals surface area contributed by atoms with E-state index in [9.17, 15) is 9.59 Å². The highest BCUT2D eigenvalue weighted by Crippen LogP contribution is 2.42. The van der Waals surface area contributed by atoms with Gasteiger partial charge in [-0.3, -0.25) is 9.69 Å². The van der Waals surface area contributed by atoms with Crippen molar-refractivity contribution >= 4 is 33.2 Å². The highest BCUT2D eigenvalue weighted by molar-refractivity contribution is 7.22. The number of hydrogen-bond donors (Lipinski definition) is 0. The van der Waals surface area contributed by atoms with Gasteiger partial charge in [0.2, 0.25) is 0 Å². The molecule has 5 aromatic rings. The molecule has 2 heterocycles. The fourth-order valence-electron chi connectivity index (χ4n) is 5.63. The van der Waals surface area contributed by atoms with Crippen molar-refractivity contribution < 1.29 is 23.8 Å². The Labute approximate surface area is 261 Å². The molecule has 0 bridgehead atoms. The summed E-state index contributed by atoms with van der Waals surface area (Å²) in [6.07, 6.45) is 2.53. The largest absolute Gasteiger partial charge is 0.492 e. The van der Waals surface area contributed by atoms with E-state index in [4.69, 9.17) is 14.2 Å². The molecule has 1 aliphatic rings. The van der Waals surface area contributed by atoms with Crippen LogP contribution in [0.4, 0.5) is 0 Å². The monoisotopic (exact) mass is 605 g/mol. The van der Waals surface area contributed by atoms with Crippen LogP contribution in [0.5, 0.6) is 11.5 Å². The summed E-state index contributed by atoms with van der Waals surface area (Å²) in [5, 5.41) is 0.864. The Hall–Kier alpha value is -4.46. The molecule has 4 aromatic carbocycles. The molecule has 0 radical (unpaired) electrons. The first-order valence-electron chi connectivity index (χ1n) is 14.9. The minimum atomic E-state index is -0.422. The molecule has 6 nitrogen and oxygen atoms in total. The van der Waals surface area contributed by atoms with E-state index in [-0.39, 0.29) is 5.78 Å². The Morgan fingerprint density at radius 2 is 1.59 bits per heavy atom. The molecule has 0 saturated carbocycles. The van der Waals surface area contributed by atoms with Gasteiger partial charge in [0.15, 0.2) is 5.78 Å². The average molecular weight is 606 g/mol. The minimum absolute atomic E-state index is 0.102. The van der Waals surface area contributed by atoms with Crippen LogP contribution in [0.2, 0.25) is 0 Å². The van der Waals surface area contributed by atoms with Crippen LogP contribution in [0, 0.1) is 6.92 Å². The molecule has 1 fully saturated rings. The third-order valence-corrected chi connectivity index (χ3v) is 9.22. The number of rotatable bonds is 11. The number of methoxy groups -OCH3 is 1. The second kappa shape index (κ2) is 13.5. The van der Waals surface area contributed by atoms with E-state index in [2.05, 4.69) is 4.90 Å². The predicted molar refractivity (Wildman–Crippen MR) is 175 cm³/mol. The van der Waals surface area contributed by atoms with Crippen molar-refractivity contribution in [1.29, 1.82) is 0 Å². The Morgan fingerprint density at radius 3 is 2.32 bits per heavy atom. The summed E-state index contributed by atoms with van der Waals surface area (Å²) in [6, 6.07) is 29.0. The highest BCUT2D eigenvalue weighted by atomic mass is 32.1. The third kappa shape index (κ3) is 6.54. The number of ether oxygens (including phenoxy) is 3. The van der Waals surface area contributed by atoms with Crippen LogP contribution in [-0.4, -0.2) is 50.0 Å². The number of benzene rings is 4. The van der Waals surface area contributed by atoms with Gasteiger partial charge in [-0.2, -0.15) is 0 Å². The van der Waals surface area contributed by atoms with Gasteiger partial charge in [0.05, 0.1) is 12.7 Å². The average Bonchev–Trinajstić information content (AvgIpc) is 3.72. The van der Waals surface area contributed by atoms with Gasteiger partial charge < -0.3 is 14.2 Å². The van der Waals surface area contributed by atoms with Crippen molar-refractivity contribution in [2.45, 2.75) is 26.4 Å². The van der Waals surface area contributed by atoms with Gasteiger partial charge in [0.25, 0.3) is 0 Å². The molecule has 1 saturated heterocycles. The van der Waals surface area contributed by atoms with Gasteiger partial charge in [-0.25, -0.2) is 4.79 Å². The second-order valence-corrected chi connectivity index (χ2v) is 12.1. The quantitative estimate of drug-likeness (QED) is 0.112. The van der Waals surface area contributed by atoms with Gasteiger partial charge in [-0.05, 0) is 104 Å². The standard InChI is InChI=1S/C37H35NO5S/c1-25-22-28(12-16-31(25)37(40)41-2)35(39)34-32-17-15-30(43-24-26-8-4-3-5-9-26)23-33(32)44-36(34)27-10-13-29(14-11-27)42-21-20-38-18-6-7-19-38/h3-5,8-17,22-23H,6-7,18-21,24H2,1-2H3. The number of carbonyl (C=O) groups excluding carboxylic acids is 2. The van der Waals surface area contributed by atoms with E-state index in [0.717, 1.165) is 57.2 Å². The molecule has 0 spiro atoms. The number of hydrogen-bond acceptors (Lipinski definition) is 7. The minimum Gasteiger partial charge on any atom is -0.492 e. The first kappa shape index (κ1) is 29.6. The summed E-state index contributed by atoms with van der Waals surface area (Å²) in [5.74, 6) is 1.03. The highest BCUT2D eigenvalue weighted by Gasteiger charge is 2.23. The predicted octanol–water partition coefficient (Wildman–Crippen LogP) is 7.95. The van der Waals surface area contributed by atoms with Crippen LogP contribution in [0.25, 0.3) is 20.5 Å². The number of ketones is 1. The van der Waals surface area contributed by atoms with E-state index in [0.29, 0.717) is 35.5 Å². The van der Waals surface area contributed by atoms with Gasteiger partial charge in [-0.15, -0.1) is 11.3 Å². The molecule has 44 heavy (non-hydrogen) atoms. The van der Waals surface area contributed by atoms with Crippen LogP contribution in [0.3, 0.4) is 0 Å². The number of nitrogens with zero attached hydrogens (tertiary/aromatic N) is 1. The number of fused-ring (bicyclic) bond motifs is 1. The summed E-state index contributed by atoms with van der Waals surface area (Å²) in [6.45, 7) is 6.15. The summed E-state index contributed by atoms with van der Waals surface area (Å²) in [4.78, 5) is 29.7. The zero-order valence-electron chi connectivity index (χ0n) is 25.0. The molecule has 7 heteroatoms. The van der Waals surface area contributed by atoms with Crippen LogP contribution < -0.4 is 9.47 Å². The van der Waals surface area contributed by atoms with Crippen molar-refractivity contribution in [1.82, 2.24) is 4.90 Å². The fourth-order valence-corrected chi connectivity index (χ4v) is 6.86. The van der Waals surface area contributed by atoms with Crippen molar-refractivity contribution in [3.63, 3.8) is 0 Å². The molecular weight excluding hydrogens is 570 g/mol. The smallest absolute Gasteiger partial charge is 0.338 e. The molecule has 0 atom stereocenters. The van der Waals surface area contributed by atoms with Gasteiger partial charge in [0.1, 0.15) is 24.7 Å². The van der Waals surface area contributed by atoms with Crippen LogP contribution in [0.15, 0.2) is 91.0 Å². The second-order valence-electron chi connectivity index (χ2n) is 11.0. The SMILES string of the molecule is COC(=O)c1ccc(C(=O)c2c(-c3ccc(OCCN4CCCC4)cc3)sc3cc(OCc4ccccc4)ccc23)cc1C. The van der Waals surface area contributed by atoms with E-state index >= 15 is 0 Å². The van der Waals surface area contributed by atoms with Crippen molar-refractivity contribution in [2.24, 2.45) is 0 Å². The first-order chi connectivity index (χ1) is 21.5. The lowest BCUT2D eigenvalue weighted by molar-refractivity contribution is 0.0599. The van der Waals surface area contributed by atoms with Gasteiger partial charge >= 0.3 is 5.97 Å². The van der Waals surface area contributed by atoms with Crippen LogP contribution in [-0.2, 0) is 11.3 Å². The summed E-state index contributed by atoms with van der Waals surface area (Å²) >= 11 is 1.57. The van der Waals surface area contributed by atoms with Crippen molar-refractivity contribution in [2.75, 3.05) is 33.4 Å². The van der Waals surface area contributed by atoms with Gasteiger partial charge in [-0.1, -0.05) is 36.4 Å². The maximum absolute atomic E-state index is 14.2. The summed E-state index contributed by atoms with van der Waals surface area (Å²) in [5.41, 5.74) is 4.31. The Morgan fingerprint density at radius 1 is 0.841 bits per heavy atom. The normalized spacial score (nSPS) is 13.2. The summed E-state index contributed by atoms with van der Waals surface area (Å²) < 4.78 is 18.0. The lowest BCUT2D eigenvalue weighted by Gasteiger charge is -2.15. The maximum Gasteiger partial charge on any atom is 0.338 e. The number of aryl methyl sites for hydroxylation is 1. The van der Waals surface area contributed by atoms with E-state index in [1.165, 1.54) is 20.0 Å². The van der Waals surface area contributed by atoms with E-state index in [1.54, 1.807) is 29.5 Å². The van der Waals surface area contributed by atoms with Crippen molar-refractivity contribution in [3.05, 3.63) is 119 Å². The Bertz CT molecular complexity index is 1770. The molecule has 224 valence electrons. The molecular formula is C37H35NO5S. The lowest BCUT2D eigenvalue weighted by atomic mass is 9.95. The van der Waals surface area contributed by atoms with E-state index in [1.807, 2.05) is 79.7 Å². The van der Waals surface area contributed by atoms with Crippen molar-refractivity contribution in [3.8, 4) is 21.9 Å². The fraction of sp³-hybridized carbons (Fsp3) is 0.243. The number of thiophene rings is 1. The summed E-state index contributed by atoms with van der Waals surface area (Å²) in [7, 11) is 1.35. The Balaban J connectivity index is 1.32. The first-order valence-corrected chi connectivity index (χ1v) is 15.7. The number of carbonyl (C=O) groups is 2. The number of likely N-dealkylation sites (tertiary alicyclic amines) is 1. The van der Waals surface area contributed by atoms with Crippen LogP contribution >= 0.6 is 11.3 Å². The zero-order valence-corrected chi connectivity index (χ0v) is 25.8. The third-order valence-electron chi connectivity index (χ3n) is 8.02. The zero-order chi connectivity index (χ0) is 30.5. The molecule has 0 aliphatic carbocycles. The molecule has 0 N–H and O–H groups in total. The molecule has 1 aliphatic heterocycles. The van der Waals surface area contributed by atoms with Gasteiger partial charge in [0, 0.05) is 32.6 Å². The topological polar surface area (TPSA) is 65.1 Å². The van der Waals surface area contributed by atoms with E-state index < -0.39 is 5.97 Å². The Kier molecular flexibility index (Phi) is 9.05. The van der Waals surface area contributed by atoms with Crippen LogP contribution in [0.1, 0.15) is 50.2 Å². The molecule has 0 unspecified atom stereocenters. The molecule has 6 rings (SSSR count).